The van der Waals surface area contributed by atoms with Crippen molar-refractivity contribution >= 4 is 11.8 Å². The molecule has 0 amide bonds. The third-order valence-electron chi connectivity index (χ3n) is 3.39. The van der Waals surface area contributed by atoms with E-state index in [9.17, 15) is 4.79 Å². The summed E-state index contributed by atoms with van der Waals surface area (Å²) >= 11 is 0. The molecule has 0 bridgehead atoms. The minimum Gasteiger partial charge on any atom is -0.476 e. The van der Waals surface area contributed by atoms with Crippen LogP contribution in [0.3, 0.4) is 0 Å². The second kappa shape index (κ2) is 5.97. The summed E-state index contributed by atoms with van der Waals surface area (Å²) in [5.74, 6) is 0.101. The molecule has 0 aliphatic carbocycles. The predicted molar refractivity (Wildman–Crippen MR) is 70.4 cm³/mol. The van der Waals surface area contributed by atoms with E-state index in [0.29, 0.717) is 12.0 Å². The maximum Gasteiger partial charge on any atom is 0.356 e. The summed E-state index contributed by atoms with van der Waals surface area (Å²) in [7, 11) is 0. The van der Waals surface area contributed by atoms with E-state index in [1.54, 1.807) is 0 Å². The van der Waals surface area contributed by atoms with Crippen LogP contribution < -0.4 is 4.90 Å². The van der Waals surface area contributed by atoms with Gasteiger partial charge < -0.3 is 14.7 Å². The van der Waals surface area contributed by atoms with Crippen molar-refractivity contribution in [3.05, 3.63) is 18.1 Å². The first-order valence-corrected chi connectivity index (χ1v) is 6.53. The van der Waals surface area contributed by atoms with Crippen molar-refractivity contribution in [2.24, 2.45) is 5.92 Å². The minimum absolute atomic E-state index is 0.0269. The number of carboxylic acid groups (broad SMARTS) is 1. The number of anilines is 1. The fraction of sp³-hybridized carbons (Fsp3) is 0.615. The van der Waals surface area contributed by atoms with Gasteiger partial charge in [-0.2, -0.15) is 0 Å². The number of rotatable bonds is 4. The molecule has 0 saturated carbocycles. The van der Waals surface area contributed by atoms with Crippen molar-refractivity contribution < 1.29 is 14.6 Å². The molecule has 1 N–H and O–H groups in total. The highest BCUT2D eigenvalue weighted by Gasteiger charge is 2.27. The van der Waals surface area contributed by atoms with E-state index in [4.69, 9.17) is 9.84 Å². The van der Waals surface area contributed by atoms with Gasteiger partial charge in [-0.25, -0.2) is 14.8 Å². The molecule has 19 heavy (non-hydrogen) atoms. The Hall–Kier alpha value is -1.69. The number of carboxylic acids is 1. The first-order valence-electron chi connectivity index (χ1n) is 6.53. The van der Waals surface area contributed by atoms with Crippen LogP contribution in [0.5, 0.6) is 0 Å². The quantitative estimate of drug-likeness (QED) is 0.887. The number of carbonyl (C=O) groups is 1. The van der Waals surface area contributed by atoms with Gasteiger partial charge in [0.2, 0.25) is 0 Å². The average Bonchev–Trinajstić information content (AvgIpc) is 2.41. The largest absolute Gasteiger partial charge is 0.476 e. The first-order chi connectivity index (χ1) is 9.11. The smallest absolute Gasteiger partial charge is 0.356 e. The standard InChI is InChI=1S/C13H19N3O3/c1-3-19-11-4-5-16(8-9(11)2)12-7-14-10(6-15-12)13(17)18/h6-7,9,11H,3-5,8H2,1-2H3,(H,17,18). The number of piperidine rings is 1. The topological polar surface area (TPSA) is 75.5 Å². The fourth-order valence-electron chi connectivity index (χ4n) is 2.39. The lowest BCUT2D eigenvalue weighted by Gasteiger charge is -2.37. The zero-order valence-electron chi connectivity index (χ0n) is 11.2. The lowest BCUT2D eigenvalue weighted by atomic mass is 9.96. The molecule has 1 fully saturated rings. The molecule has 2 unspecified atom stereocenters. The molecule has 1 aliphatic rings. The van der Waals surface area contributed by atoms with Crippen LogP contribution in [0.2, 0.25) is 0 Å². The Bertz CT molecular complexity index is 435. The second-order valence-electron chi connectivity index (χ2n) is 4.77. The summed E-state index contributed by atoms with van der Waals surface area (Å²) in [6.45, 7) is 6.62. The highest BCUT2D eigenvalue weighted by molar-refractivity contribution is 5.84. The molecule has 104 valence electrons. The SMILES string of the molecule is CCOC1CCN(c2cnc(C(=O)O)cn2)CC1C. The third-order valence-corrected chi connectivity index (χ3v) is 3.39. The zero-order valence-corrected chi connectivity index (χ0v) is 11.2. The van der Waals surface area contributed by atoms with E-state index in [1.807, 2.05) is 6.92 Å². The molecule has 1 saturated heterocycles. The van der Waals surface area contributed by atoms with Crippen LogP contribution in [0.4, 0.5) is 5.82 Å². The number of hydrogen-bond acceptors (Lipinski definition) is 5. The first kappa shape index (κ1) is 13.7. The summed E-state index contributed by atoms with van der Waals surface area (Å²) in [5, 5.41) is 8.79. The van der Waals surface area contributed by atoms with Crippen molar-refractivity contribution in [1.29, 1.82) is 0 Å². The van der Waals surface area contributed by atoms with Crippen LogP contribution in [0.15, 0.2) is 12.4 Å². The van der Waals surface area contributed by atoms with Gasteiger partial charge in [-0.05, 0) is 19.3 Å². The van der Waals surface area contributed by atoms with Gasteiger partial charge in [0.25, 0.3) is 0 Å². The van der Waals surface area contributed by atoms with E-state index in [0.717, 1.165) is 31.9 Å². The van der Waals surface area contributed by atoms with Gasteiger partial charge in [-0.3, -0.25) is 0 Å². The second-order valence-corrected chi connectivity index (χ2v) is 4.77. The molecule has 1 aromatic rings. The highest BCUT2D eigenvalue weighted by atomic mass is 16.5. The molecule has 0 spiro atoms. The Labute approximate surface area is 112 Å². The van der Waals surface area contributed by atoms with Crippen molar-refractivity contribution in [3.8, 4) is 0 Å². The molecule has 1 aromatic heterocycles. The van der Waals surface area contributed by atoms with Crippen LogP contribution in [-0.2, 0) is 4.74 Å². The predicted octanol–water partition coefficient (Wildman–Crippen LogP) is 1.43. The van der Waals surface area contributed by atoms with Gasteiger partial charge in [-0.15, -0.1) is 0 Å². The maximum atomic E-state index is 10.7. The number of nitrogens with zero attached hydrogens (tertiary/aromatic N) is 3. The van der Waals surface area contributed by atoms with Crippen LogP contribution in [0, 0.1) is 5.92 Å². The lowest BCUT2D eigenvalue weighted by molar-refractivity contribution is 0.0134. The van der Waals surface area contributed by atoms with Gasteiger partial charge in [0, 0.05) is 19.7 Å². The molecule has 1 aliphatic heterocycles. The van der Waals surface area contributed by atoms with E-state index in [-0.39, 0.29) is 5.69 Å². The maximum absolute atomic E-state index is 10.7. The minimum atomic E-state index is -1.05. The van der Waals surface area contributed by atoms with Gasteiger partial charge in [0.1, 0.15) is 5.82 Å². The van der Waals surface area contributed by atoms with Gasteiger partial charge in [0.15, 0.2) is 5.69 Å². The van der Waals surface area contributed by atoms with Gasteiger partial charge in [-0.1, -0.05) is 6.92 Å². The molecule has 6 nitrogen and oxygen atoms in total. The van der Waals surface area contributed by atoms with Crippen LogP contribution in [0.1, 0.15) is 30.8 Å². The Balaban J connectivity index is 2.01. The van der Waals surface area contributed by atoms with Crippen molar-refractivity contribution in [1.82, 2.24) is 9.97 Å². The van der Waals surface area contributed by atoms with Crippen LogP contribution in [0.25, 0.3) is 0 Å². The number of hydrogen-bond donors (Lipinski definition) is 1. The third kappa shape index (κ3) is 3.20. The Morgan fingerprint density at radius 2 is 2.32 bits per heavy atom. The number of ether oxygens (including phenoxy) is 1. The van der Waals surface area contributed by atoms with E-state index in [1.165, 1.54) is 12.4 Å². The summed E-state index contributed by atoms with van der Waals surface area (Å²) in [5.41, 5.74) is -0.0269. The van der Waals surface area contributed by atoms with Crippen molar-refractivity contribution in [2.75, 3.05) is 24.6 Å². The Kier molecular flexibility index (Phi) is 4.31. The molecule has 6 heteroatoms. The summed E-state index contributed by atoms with van der Waals surface area (Å²) in [6, 6.07) is 0. The van der Waals surface area contributed by atoms with Gasteiger partial charge >= 0.3 is 5.97 Å². The molecular weight excluding hydrogens is 246 g/mol. The monoisotopic (exact) mass is 265 g/mol. The summed E-state index contributed by atoms with van der Waals surface area (Å²) in [6.07, 6.45) is 4.08. The summed E-state index contributed by atoms with van der Waals surface area (Å²) < 4.78 is 5.69. The lowest BCUT2D eigenvalue weighted by Crippen LogP contribution is -2.43. The molecule has 2 atom stereocenters. The highest BCUT2D eigenvalue weighted by Crippen LogP contribution is 2.23. The van der Waals surface area contributed by atoms with Crippen molar-refractivity contribution in [3.63, 3.8) is 0 Å². The fourth-order valence-corrected chi connectivity index (χ4v) is 2.39. The van der Waals surface area contributed by atoms with Crippen LogP contribution >= 0.6 is 0 Å². The van der Waals surface area contributed by atoms with Crippen molar-refractivity contribution in [2.45, 2.75) is 26.4 Å². The Morgan fingerprint density at radius 1 is 1.53 bits per heavy atom. The van der Waals surface area contributed by atoms with E-state index < -0.39 is 5.97 Å². The molecule has 2 rings (SSSR count). The molecular formula is C13H19N3O3. The molecule has 0 aromatic carbocycles. The van der Waals surface area contributed by atoms with E-state index >= 15 is 0 Å². The number of aromatic carboxylic acids is 1. The Morgan fingerprint density at radius 3 is 2.84 bits per heavy atom. The average molecular weight is 265 g/mol. The number of aromatic nitrogens is 2. The zero-order chi connectivity index (χ0) is 13.8. The van der Waals surface area contributed by atoms with Gasteiger partial charge in [0.05, 0.1) is 18.5 Å². The molecule has 0 radical (unpaired) electrons. The van der Waals surface area contributed by atoms with E-state index in [2.05, 4.69) is 21.8 Å². The summed E-state index contributed by atoms with van der Waals surface area (Å²) in [4.78, 5) is 20.9. The normalized spacial score (nSPS) is 23.4. The van der Waals surface area contributed by atoms with Crippen LogP contribution in [-0.4, -0.2) is 46.8 Å². The molecule has 2 heterocycles.